The molecule has 0 heterocycles. The Balaban J connectivity index is 2.44. The van der Waals surface area contributed by atoms with Gasteiger partial charge < -0.3 is 20.3 Å². The fourth-order valence-corrected chi connectivity index (χ4v) is 4.43. The molecule has 0 saturated carbocycles. The first-order valence-corrected chi connectivity index (χ1v) is 14.3. The molecular weight excluding hydrogens is 498 g/mol. The van der Waals surface area contributed by atoms with Crippen molar-refractivity contribution < 1.29 is 19.1 Å². The van der Waals surface area contributed by atoms with Crippen molar-refractivity contribution in [3.63, 3.8) is 0 Å². The van der Waals surface area contributed by atoms with E-state index in [0.717, 1.165) is 11.1 Å². The summed E-state index contributed by atoms with van der Waals surface area (Å²) in [6.07, 6.45) is 4.04. The van der Waals surface area contributed by atoms with E-state index in [4.69, 9.17) is 4.74 Å². The van der Waals surface area contributed by atoms with Crippen molar-refractivity contribution in [3.05, 3.63) is 77.9 Å². The molecule has 2 aromatic carbocycles. The zero-order valence-electron chi connectivity index (χ0n) is 23.2. The number of carbonyl (C=O) groups is 3. The lowest BCUT2D eigenvalue weighted by atomic mass is 9.99. The maximum atomic E-state index is 14.0. The fraction of sp³-hybridized carbons (Fsp3) is 0.433. The summed E-state index contributed by atoms with van der Waals surface area (Å²) in [6, 6.07) is 15.4. The molecule has 2 aromatic rings. The predicted octanol–water partition coefficient (Wildman–Crippen LogP) is 5.57. The van der Waals surface area contributed by atoms with Crippen LogP contribution in [-0.4, -0.2) is 53.0 Å². The first kappa shape index (κ1) is 31.0. The van der Waals surface area contributed by atoms with Crippen LogP contribution in [0.2, 0.25) is 0 Å². The Morgan fingerprint density at radius 2 is 1.82 bits per heavy atom. The average molecular weight is 540 g/mol. The molecule has 3 amide bonds. The van der Waals surface area contributed by atoms with Gasteiger partial charge in [0.1, 0.15) is 17.7 Å². The van der Waals surface area contributed by atoms with Gasteiger partial charge in [-0.15, -0.1) is 0 Å². The van der Waals surface area contributed by atoms with Crippen LogP contribution in [0, 0.1) is 0 Å². The van der Waals surface area contributed by atoms with E-state index in [-0.39, 0.29) is 11.8 Å². The number of benzene rings is 2. The number of hydrogen-bond acceptors (Lipinski definition) is 5. The Hall–Kier alpha value is -3.26. The molecule has 2 atom stereocenters. The lowest BCUT2D eigenvalue weighted by Gasteiger charge is -2.34. The van der Waals surface area contributed by atoms with Crippen LogP contribution in [-0.2, 0) is 20.9 Å². The molecule has 2 rings (SSSR count). The van der Waals surface area contributed by atoms with Crippen molar-refractivity contribution in [2.75, 3.05) is 18.6 Å². The Morgan fingerprint density at radius 1 is 1.11 bits per heavy atom. The number of carbonyl (C=O) groups excluding carboxylic acids is 3. The molecule has 2 unspecified atom stereocenters. The van der Waals surface area contributed by atoms with Crippen molar-refractivity contribution in [1.82, 2.24) is 15.5 Å². The minimum atomic E-state index is -0.886. The molecule has 0 spiro atoms. The van der Waals surface area contributed by atoms with Gasteiger partial charge in [-0.1, -0.05) is 68.1 Å². The molecule has 38 heavy (non-hydrogen) atoms. The molecule has 0 aromatic heterocycles. The van der Waals surface area contributed by atoms with Gasteiger partial charge in [-0.2, -0.15) is 11.8 Å². The average Bonchev–Trinajstić information content (AvgIpc) is 2.88. The Morgan fingerprint density at radius 3 is 2.42 bits per heavy atom. The van der Waals surface area contributed by atoms with Crippen LogP contribution in [0.5, 0.6) is 0 Å². The third kappa shape index (κ3) is 9.89. The summed E-state index contributed by atoms with van der Waals surface area (Å²) in [4.78, 5) is 42.0. The van der Waals surface area contributed by atoms with Gasteiger partial charge in [0.25, 0.3) is 0 Å². The Labute approximate surface area is 231 Å². The first-order chi connectivity index (χ1) is 18.1. The van der Waals surface area contributed by atoms with Gasteiger partial charge in [0, 0.05) is 13.1 Å². The van der Waals surface area contributed by atoms with Gasteiger partial charge in [-0.05, 0) is 68.4 Å². The normalized spacial score (nSPS) is 12.7. The van der Waals surface area contributed by atoms with Crippen LogP contribution < -0.4 is 10.6 Å². The van der Waals surface area contributed by atoms with Crippen LogP contribution >= 0.6 is 11.8 Å². The highest BCUT2D eigenvalue weighted by atomic mass is 32.2. The molecule has 2 N–H and O–H groups in total. The molecule has 0 aliphatic rings. The number of thioether (sulfide) groups is 1. The monoisotopic (exact) mass is 539 g/mol. The summed E-state index contributed by atoms with van der Waals surface area (Å²) in [5.74, 6) is 0.0385. The second-order valence-corrected chi connectivity index (χ2v) is 11.0. The number of ether oxygens (including phenoxy) is 1. The molecule has 8 heteroatoms. The van der Waals surface area contributed by atoms with Crippen LogP contribution in [0.25, 0.3) is 6.08 Å². The van der Waals surface area contributed by atoms with Gasteiger partial charge in [-0.3, -0.25) is 9.59 Å². The SMILES string of the molecule is C=Cc1cccc(C(C(=O)NCc2ccccc2)N(CCC)C(=O)C(CCSC)NC(=O)OC(C)(C)C)c1. The van der Waals surface area contributed by atoms with E-state index >= 15 is 0 Å². The second kappa shape index (κ2) is 15.2. The van der Waals surface area contributed by atoms with Crippen LogP contribution in [0.3, 0.4) is 0 Å². The highest BCUT2D eigenvalue weighted by Crippen LogP contribution is 2.25. The summed E-state index contributed by atoms with van der Waals surface area (Å²) in [5, 5.41) is 5.77. The molecule has 206 valence electrons. The van der Waals surface area contributed by atoms with Crippen molar-refractivity contribution in [2.45, 2.75) is 64.8 Å². The number of amides is 3. The summed E-state index contributed by atoms with van der Waals surface area (Å²) >= 11 is 1.58. The van der Waals surface area contributed by atoms with Crippen LogP contribution in [0.1, 0.15) is 63.3 Å². The number of nitrogens with one attached hydrogen (secondary N) is 2. The summed E-state index contributed by atoms with van der Waals surface area (Å²) < 4.78 is 5.43. The van der Waals surface area contributed by atoms with Gasteiger partial charge in [0.15, 0.2) is 0 Å². The topological polar surface area (TPSA) is 87.7 Å². The molecule has 0 aliphatic carbocycles. The zero-order chi connectivity index (χ0) is 28.1. The van der Waals surface area contributed by atoms with E-state index in [1.165, 1.54) is 0 Å². The minimum Gasteiger partial charge on any atom is -0.444 e. The molecule has 7 nitrogen and oxygen atoms in total. The van der Waals surface area contributed by atoms with Gasteiger partial charge in [0.05, 0.1) is 0 Å². The molecule has 0 bridgehead atoms. The summed E-state index contributed by atoms with van der Waals surface area (Å²) in [5.41, 5.74) is 1.77. The van der Waals surface area contributed by atoms with E-state index in [2.05, 4.69) is 17.2 Å². The molecule has 0 saturated heterocycles. The molecular formula is C30H41N3O4S. The zero-order valence-corrected chi connectivity index (χ0v) is 24.0. The van der Waals surface area contributed by atoms with E-state index in [1.54, 1.807) is 43.5 Å². The number of alkyl carbamates (subject to hydrolysis) is 1. The highest BCUT2D eigenvalue weighted by molar-refractivity contribution is 7.98. The number of nitrogens with zero attached hydrogens (tertiary/aromatic N) is 1. The molecule has 0 aliphatic heterocycles. The Kier molecular flexibility index (Phi) is 12.4. The smallest absolute Gasteiger partial charge is 0.408 e. The van der Waals surface area contributed by atoms with Gasteiger partial charge in [0.2, 0.25) is 11.8 Å². The summed E-state index contributed by atoms with van der Waals surface area (Å²) in [7, 11) is 0. The van der Waals surface area contributed by atoms with E-state index in [1.807, 2.05) is 67.8 Å². The van der Waals surface area contributed by atoms with E-state index in [9.17, 15) is 14.4 Å². The fourth-order valence-electron chi connectivity index (χ4n) is 3.96. The van der Waals surface area contributed by atoms with Crippen LogP contribution in [0.4, 0.5) is 4.79 Å². The molecule has 0 fully saturated rings. The standard InChI is InChI=1S/C30H41N3O4S/c1-7-18-33(28(35)25(17-19-38-6)32-29(36)37-30(3,4)5)26(24-16-12-15-22(8-2)20-24)27(34)31-21-23-13-10-9-11-14-23/h8-16,20,25-26H,2,7,17-19,21H2,1,3-6H3,(H,31,34)(H,32,36). The van der Waals surface area contributed by atoms with Crippen molar-refractivity contribution in [2.24, 2.45) is 0 Å². The number of hydrogen-bond donors (Lipinski definition) is 2. The first-order valence-electron chi connectivity index (χ1n) is 12.9. The third-order valence-electron chi connectivity index (χ3n) is 5.68. The van der Waals surface area contributed by atoms with Crippen molar-refractivity contribution >= 4 is 35.7 Å². The highest BCUT2D eigenvalue weighted by Gasteiger charge is 2.35. The largest absolute Gasteiger partial charge is 0.444 e. The predicted molar refractivity (Wildman–Crippen MR) is 156 cm³/mol. The van der Waals surface area contributed by atoms with Crippen LogP contribution in [0.15, 0.2) is 61.2 Å². The maximum absolute atomic E-state index is 14.0. The number of rotatable bonds is 13. The minimum absolute atomic E-state index is 0.294. The van der Waals surface area contributed by atoms with Gasteiger partial charge in [-0.25, -0.2) is 4.79 Å². The lowest BCUT2D eigenvalue weighted by Crippen LogP contribution is -2.53. The Bertz CT molecular complexity index is 1070. The summed E-state index contributed by atoms with van der Waals surface area (Å²) in [6.45, 7) is 11.8. The van der Waals surface area contributed by atoms with Crippen molar-refractivity contribution in [1.29, 1.82) is 0 Å². The third-order valence-corrected chi connectivity index (χ3v) is 6.32. The quantitative estimate of drug-likeness (QED) is 0.347. The molecule has 0 radical (unpaired) electrons. The maximum Gasteiger partial charge on any atom is 0.408 e. The second-order valence-electron chi connectivity index (χ2n) is 9.99. The van der Waals surface area contributed by atoms with E-state index < -0.39 is 23.8 Å². The van der Waals surface area contributed by atoms with E-state index in [0.29, 0.717) is 37.2 Å². The van der Waals surface area contributed by atoms with Gasteiger partial charge >= 0.3 is 6.09 Å². The van der Waals surface area contributed by atoms with Crippen molar-refractivity contribution in [3.8, 4) is 0 Å². The lowest BCUT2D eigenvalue weighted by molar-refractivity contribution is -0.142.